The fraction of sp³-hybridized carbons (Fsp3) is 0.538. The molecule has 1 aromatic carbocycles. The Hall–Kier alpha value is -1.22. The lowest BCUT2D eigenvalue weighted by atomic mass is 10.1. The van der Waals surface area contributed by atoms with Gasteiger partial charge in [-0.15, -0.1) is 0 Å². The Kier molecular flexibility index (Phi) is 2.28. The molecule has 0 aromatic heterocycles. The fourth-order valence-electron chi connectivity index (χ4n) is 2.35. The largest absolute Gasteiger partial charge is 0.485 e. The summed E-state index contributed by atoms with van der Waals surface area (Å²) in [7, 11) is 0. The van der Waals surface area contributed by atoms with Crippen LogP contribution in [0.15, 0.2) is 18.2 Å². The van der Waals surface area contributed by atoms with Gasteiger partial charge in [0.2, 0.25) is 0 Å². The molecule has 2 aliphatic heterocycles. The minimum absolute atomic E-state index is 0.146. The lowest BCUT2D eigenvalue weighted by Gasteiger charge is -2.24. The van der Waals surface area contributed by atoms with Gasteiger partial charge in [0.25, 0.3) is 0 Å². The Labute approximate surface area is 95.8 Å². The summed E-state index contributed by atoms with van der Waals surface area (Å²) in [4.78, 5) is 0. The molecule has 0 spiro atoms. The summed E-state index contributed by atoms with van der Waals surface area (Å²) in [6.07, 6.45) is 2.09. The van der Waals surface area contributed by atoms with E-state index in [0.717, 1.165) is 31.7 Å². The first-order valence-electron chi connectivity index (χ1n) is 5.89. The van der Waals surface area contributed by atoms with Gasteiger partial charge in [-0.05, 0) is 25.0 Å². The number of anilines is 1. The third-order valence-electron chi connectivity index (χ3n) is 3.34. The molecule has 3 rings (SSSR count). The van der Waals surface area contributed by atoms with Crippen molar-refractivity contribution in [2.75, 3.05) is 25.1 Å². The molecule has 1 fully saturated rings. The molecule has 1 aromatic rings. The summed E-state index contributed by atoms with van der Waals surface area (Å²) in [5, 5.41) is 3.37. The van der Waals surface area contributed by atoms with Crippen LogP contribution < -0.4 is 10.1 Å². The molecule has 1 saturated heterocycles. The Morgan fingerprint density at radius 2 is 2.38 bits per heavy atom. The van der Waals surface area contributed by atoms with Crippen molar-refractivity contribution in [2.24, 2.45) is 0 Å². The first-order valence-corrected chi connectivity index (χ1v) is 5.89. The van der Waals surface area contributed by atoms with Gasteiger partial charge in [-0.3, -0.25) is 0 Å². The summed E-state index contributed by atoms with van der Waals surface area (Å²) in [6.45, 7) is 4.65. The predicted octanol–water partition coefficient (Wildman–Crippen LogP) is 2.21. The minimum Gasteiger partial charge on any atom is -0.485 e. The molecular formula is C13H17NO2. The molecule has 2 heterocycles. The van der Waals surface area contributed by atoms with Gasteiger partial charge in [-0.2, -0.15) is 0 Å². The Morgan fingerprint density at radius 3 is 3.19 bits per heavy atom. The summed E-state index contributed by atoms with van der Waals surface area (Å²) < 4.78 is 11.4. The molecule has 0 aliphatic carbocycles. The van der Waals surface area contributed by atoms with E-state index in [-0.39, 0.29) is 5.60 Å². The Bertz CT molecular complexity index is 397. The molecule has 1 unspecified atom stereocenters. The van der Waals surface area contributed by atoms with Crippen LogP contribution >= 0.6 is 0 Å². The zero-order chi connectivity index (χ0) is 11.0. The van der Waals surface area contributed by atoms with Gasteiger partial charge in [0.15, 0.2) is 0 Å². The second-order valence-corrected chi connectivity index (χ2v) is 4.85. The summed E-state index contributed by atoms with van der Waals surface area (Å²) >= 11 is 0. The van der Waals surface area contributed by atoms with Crippen molar-refractivity contribution in [3.05, 3.63) is 23.8 Å². The summed E-state index contributed by atoms with van der Waals surface area (Å²) in [5.41, 5.74) is 2.47. The third-order valence-corrected chi connectivity index (χ3v) is 3.34. The van der Waals surface area contributed by atoms with Crippen LogP contribution in [0.1, 0.15) is 18.9 Å². The standard InChI is InChI=1S/C13H17NO2/c1-13(5-7-15-9-13)16-11-3-2-10-4-6-14-12(10)8-11/h2-3,8,14H,4-7,9H2,1H3. The van der Waals surface area contributed by atoms with E-state index >= 15 is 0 Å². The Morgan fingerprint density at radius 1 is 1.44 bits per heavy atom. The molecule has 86 valence electrons. The highest BCUT2D eigenvalue weighted by Gasteiger charge is 2.32. The molecule has 1 N–H and O–H groups in total. The maximum absolute atomic E-state index is 6.02. The van der Waals surface area contributed by atoms with E-state index in [2.05, 4.69) is 30.4 Å². The van der Waals surface area contributed by atoms with Crippen molar-refractivity contribution >= 4 is 5.69 Å². The van der Waals surface area contributed by atoms with E-state index in [0.29, 0.717) is 6.61 Å². The molecular weight excluding hydrogens is 202 g/mol. The number of ether oxygens (including phenoxy) is 2. The van der Waals surface area contributed by atoms with Crippen LogP contribution in [0.25, 0.3) is 0 Å². The lowest BCUT2D eigenvalue weighted by molar-refractivity contribution is 0.0665. The van der Waals surface area contributed by atoms with E-state index in [4.69, 9.17) is 9.47 Å². The van der Waals surface area contributed by atoms with Crippen molar-refractivity contribution in [1.29, 1.82) is 0 Å². The summed E-state index contributed by atoms with van der Waals surface area (Å²) in [6, 6.07) is 6.32. The van der Waals surface area contributed by atoms with Crippen molar-refractivity contribution in [3.63, 3.8) is 0 Å². The zero-order valence-electron chi connectivity index (χ0n) is 9.58. The second kappa shape index (κ2) is 3.67. The number of fused-ring (bicyclic) bond motifs is 1. The van der Waals surface area contributed by atoms with Gasteiger partial charge in [-0.1, -0.05) is 6.07 Å². The van der Waals surface area contributed by atoms with Gasteiger partial charge >= 0.3 is 0 Å². The van der Waals surface area contributed by atoms with Crippen LogP contribution in [0.5, 0.6) is 5.75 Å². The highest BCUT2D eigenvalue weighted by molar-refractivity contribution is 5.58. The average molecular weight is 219 g/mol. The zero-order valence-corrected chi connectivity index (χ0v) is 9.58. The van der Waals surface area contributed by atoms with Crippen molar-refractivity contribution in [2.45, 2.75) is 25.4 Å². The molecule has 2 aliphatic rings. The maximum atomic E-state index is 6.02. The number of hydrogen-bond acceptors (Lipinski definition) is 3. The first kappa shape index (κ1) is 9.97. The van der Waals surface area contributed by atoms with Gasteiger partial charge in [-0.25, -0.2) is 0 Å². The molecule has 3 nitrogen and oxygen atoms in total. The van der Waals surface area contributed by atoms with Gasteiger partial charge in [0.1, 0.15) is 11.4 Å². The van der Waals surface area contributed by atoms with Crippen LogP contribution in [-0.2, 0) is 11.2 Å². The molecule has 16 heavy (non-hydrogen) atoms. The number of benzene rings is 1. The Balaban J connectivity index is 1.80. The third kappa shape index (κ3) is 1.76. The molecule has 0 bridgehead atoms. The van der Waals surface area contributed by atoms with Crippen molar-refractivity contribution in [1.82, 2.24) is 0 Å². The lowest BCUT2D eigenvalue weighted by Crippen LogP contribution is -2.32. The molecule has 0 saturated carbocycles. The highest BCUT2D eigenvalue weighted by atomic mass is 16.6. The number of hydrogen-bond donors (Lipinski definition) is 1. The summed E-state index contributed by atoms with van der Waals surface area (Å²) in [5.74, 6) is 0.946. The van der Waals surface area contributed by atoms with E-state index in [1.807, 2.05) is 0 Å². The van der Waals surface area contributed by atoms with Crippen LogP contribution in [0, 0.1) is 0 Å². The van der Waals surface area contributed by atoms with E-state index in [1.54, 1.807) is 0 Å². The molecule has 1 atom stereocenters. The topological polar surface area (TPSA) is 30.5 Å². The van der Waals surface area contributed by atoms with E-state index in [1.165, 1.54) is 11.3 Å². The number of rotatable bonds is 2. The van der Waals surface area contributed by atoms with Crippen LogP contribution in [0.2, 0.25) is 0 Å². The van der Waals surface area contributed by atoms with Crippen molar-refractivity contribution in [3.8, 4) is 5.75 Å². The normalized spacial score (nSPS) is 27.6. The smallest absolute Gasteiger partial charge is 0.132 e. The van der Waals surface area contributed by atoms with Gasteiger partial charge in [0.05, 0.1) is 13.2 Å². The van der Waals surface area contributed by atoms with E-state index in [9.17, 15) is 0 Å². The quantitative estimate of drug-likeness (QED) is 0.827. The second-order valence-electron chi connectivity index (χ2n) is 4.85. The van der Waals surface area contributed by atoms with E-state index < -0.39 is 0 Å². The maximum Gasteiger partial charge on any atom is 0.132 e. The minimum atomic E-state index is -0.146. The first-order chi connectivity index (χ1) is 7.75. The SMILES string of the molecule is CC1(Oc2ccc3c(c2)NCC3)CCOC1. The average Bonchev–Trinajstić information content (AvgIpc) is 2.86. The van der Waals surface area contributed by atoms with Gasteiger partial charge < -0.3 is 14.8 Å². The molecule has 3 heteroatoms. The van der Waals surface area contributed by atoms with Gasteiger partial charge in [0, 0.05) is 24.7 Å². The molecule has 0 radical (unpaired) electrons. The van der Waals surface area contributed by atoms with Crippen LogP contribution in [0.4, 0.5) is 5.69 Å². The number of nitrogens with one attached hydrogen (secondary N) is 1. The van der Waals surface area contributed by atoms with Crippen LogP contribution in [0.3, 0.4) is 0 Å². The van der Waals surface area contributed by atoms with Crippen molar-refractivity contribution < 1.29 is 9.47 Å². The predicted molar refractivity (Wildman–Crippen MR) is 63.1 cm³/mol. The fourth-order valence-corrected chi connectivity index (χ4v) is 2.35. The molecule has 0 amide bonds. The highest BCUT2D eigenvalue weighted by Crippen LogP contribution is 2.31. The van der Waals surface area contributed by atoms with Crippen LogP contribution in [-0.4, -0.2) is 25.4 Å². The monoisotopic (exact) mass is 219 g/mol.